The first-order valence-electron chi connectivity index (χ1n) is 7.27. The molecule has 0 amide bonds. The van der Waals surface area contributed by atoms with Crippen LogP contribution < -0.4 is 10.1 Å². The van der Waals surface area contributed by atoms with E-state index in [9.17, 15) is 13.2 Å². The third kappa shape index (κ3) is 7.25. The normalized spacial score (nSPS) is 14.9. The number of rotatable bonds is 7. The predicted molar refractivity (Wildman–Crippen MR) is 79.4 cm³/mol. The van der Waals surface area contributed by atoms with E-state index in [0.29, 0.717) is 17.8 Å². The lowest BCUT2D eigenvalue weighted by Gasteiger charge is -2.22. The van der Waals surface area contributed by atoms with Gasteiger partial charge in [-0.05, 0) is 48.4 Å². The maximum absolute atomic E-state index is 12.1. The maximum Gasteiger partial charge on any atom is 0.573 e. The summed E-state index contributed by atoms with van der Waals surface area (Å²) < 4.78 is 40.0. The fourth-order valence-corrected chi connectivity index (χ4v) is 2.23. The Morgan fingerprint density at radius 3 is 2.05 bits per heavy atom. The predicted octanol–water partition coefficient (Wildman–Crippen LogP) is 5.32. The number of anilines is 1. The van der Waals surface area contributed by atoms with E-state index in [2.05, 4.69) is 37.7 Å². The Labute approximate surface area is 124 Å². The molecule has 0 aromatic heterocycles. The van der Waals surface area contributed by atoms with Crippen LogP contribution in [-0.4, -0.2) is 12.9 Å². The summed E-state index contributed by atoms with van der Waals surface area (Å²) in [7, 11) is 0. The largest absolute Gasteiger partial charge is 0.573 e. The molecule has 0 spiro atoms. The molecule has 0 aliphatic heterocycles. The van der Waals surface area contributed by atoms with Gasteiger partial charge in [0.05, 0.1) is 0 Å². The zero-order valence-electron chi connectivity index (χ0n) is 13.0. The zero-order chi connectivity index (χ0) is 16.0. The van der Waals surface area contributed by atoms with Crippen LogP contribution in [0.15, 0.2) is 24.3 Å². The van der Waals surface area contributed by atoms with Gasteiger partial charge < -0.3 is 10.1 Å². The van der Waals surface area contributed by atoms with Gasteiger partial charge in [-0.3, -0.25) is 0 Å². The summed E-state index contributed by atoms with van der Waals surface area (Å²) in [6.45, 7) is 9.62. The highest BCUT2D eigenvalue weighted by atomic mass is 19.4. The van der Waals surface area contributed by atoms with Crippen LogP contribution in [0.3, 0.4) is 0 Å². The lowest BCUT2D eigenvalue weighted by atomic mass is 9.88. The molecule has 0 heterocycles. The minimum Gasteiger partial charge on any atom is -0.406 e. The van der Waals surface area contributed by atoms with Crippen LogP contribution in [0.5, 0.6) is 5.75 Å². The molecule has 120 valence electrons. The standard InChI is InChI=1S/C16H24F3NO/c1-11(2)9-12(3)13(4)10-20-14-5-7-15(8-6-14)21-16(17,18)19/h5-8,11-13,20H,9-10H2,1-4H3. The second-order valence-corrected chi connectivity index (χ2v) is 6.04. The maximum atomic E-state index is 12.1. The molecule has 5 heteroatoms. The lowest BCUT2D eigenvalue weighted by Crippen LogP contribution is -2.19. The second-order valence-electron chi connectivity index (χ2n) is 6.04. The zero-order valence-corrected chi connectivity index (χ0v) is 13.0. The minimum absolute atomic E-state index is 0.200. The Bertz CT molecular complexity index is 415. The van der Waals surface area contributed by atoms with Crippen LogP contribution in [0.1, 0.15) is 34.1 Å². The van der Waals surface area contributed by atoms with Crippen LogP contribution in [0, 0.1) is 17.8 Å². The number of halogens is 3. The fraction of sp³-hybridized carbons (Fsp3) is 0.625. The molecule has 1 aromatic carbocycles. The average Bonchev–Trinajstić information content (AvgIpc) is 2.35. The van der Waals surface area contributed by atoms with Gasteiger partial charge in [0.2, 0.25) is 0 Å². The summed E-state index contributed by atoms with van der Waals surface area (Å²) in [5.41, 5.74) is 0.799. The van der Waals surface area contributed by atoms with Gasteiger partial charge in [0, 0.05) is 12.2 Å². The SMILES string of the molecule is CC(C)CC(C)C(C)CNc1ccc(OC(F)(F)F)cc1. The molecule has 21 heavy (non-hydrogen) atoms. The Morgan fingerprint density at radius 2 is 1.57 bits per heavy atom. The Morgan fingerprint density at radius 1 is 1.00 bits per heavy atom. The van der Waals surface area contributed by atoms with E-state index in [1.165, 1.54) is 18.6 Å². The van der Waals surface area contributed by atoms with Gasteiger partial charge in [0.25, 0.3) is 0 Å². The van der Waals surface area contributed by atoms with Crippen LogP contribution in [0.4, 0.5) is 18.9 Å². The van der Waals surface area contributed by atoms with Gasteiger partial charge in [-0.25, -0.2) is 0 Å². The van der Waals surface area contributed by atoms with Crippen molar-refractivity contribution in [3.05, 3.63) is 24.3 Å². The highest BCUT2D eigenvalue weighted by molar-refractivity contribution is 5.46. The van der Waals surface area contributed by atoms with Crippen molar-refractivity contribution >= 4 is 5.69 Å². The summed E-state index contributed by atoms with van der Waals surface area (Å²) in [5.74, 6) is 1.57. The van der Waals surface area contributed by atoms with E-state index in [-0.39, 0.29) is 5.75 Å². The highest BCUT2D eigenvalue weighted by Crippen LogP contribution is 2.25. The van der Waals surface area contributed by atoms with Crippen molar-refractivity contribution in [2.75, 3.05) is 11.9 Å². The third-order valence-electron chi connectivity index (χ3n) is 3.53. The molecule has 2 atom stereocenters. The van der Waals surface area contributed by atoms with Gasteiger partial charge in [-0.1, -0.05) is 27.7 Å². The fourth-order valence-electron chi connectivity index (χ4n) is 2.23. The smallest absolute Gasteiger partial charge is 0.406 e. The molecule has 2 nitrogen and oxygen atoms in total. The Balaban J connectivity index is 2.45. The number of benzene rings is 1. The molecule has 2 unspecified atom stereocenters. The van der Waals surface area contributed by atoms with E-state index >= 15 is 0 Å². The third-order valence-corrected chi connectivity index (χ3v) is 3.53. The van der Waals surface area contributed by atoms with Crippen molar-refractivity contribution in [1.82, 2.24) is 0 Å². The molecule has 1 rings (SSSR count). The number of hydrogen-bond donors (Lipinski definition) is 1. The van der Waals surface area contributed by atoms with Crippen molar-refractivity contribution in [2.45, 2.75) is 40.5 Å². The van der Waals surface area contributed by atoms with Gasteiger partial charge >= 0.3 is 6.36 Å². The average molecular weight is 303 g/mol. The van der Waals surface area contributed by atoms with Crippen molar-refractivity contribution in [2.24, 2.45) is 17.8 Å². The summed E-state index contributed by atoms with van der Waals surface area (Å²) in [4.78, 5) is 0. The second kappa shape index (κ2) is 7.57. The van der Waals surface area contributed by atoms with Crippen molar-refractivity contribution in [3.63, 3.8) is 0 Å². The molecule has 0 saturated carbocycles. The lowest BCUT2D eigenvalue weighted by molar-refractivity contribution is -0.274. The summed E-state index contributed by atoms with van der Waals surface area (Å²) in [6, 6.07) is 5.83. The van der Waals surface area contributed by atoms with Gasteiger partial charge in [0.1, 0.15) is 5.75 Å². The number of hydrogen-bond acceptors (Lipinski definition) is 2. The Kier molecular flexibility index (Phi) is 6.37. The van der Waals surface area contributed by atoms with Crippen molar-refractivity contribution in [3.8, 4) is 5.75 Å². The van der Waals surface area contributed by atoms with E-state index in [4.69, 9.17) is 0 Å². The molecule has 0 radical (unpaired) electrons. The number of nitrogens with one attached hydrogen (secondary N) is 1. The molecule has 0 fully saturated rings. The summed E-state index contributed by atoms with van der Waals surface area (Å²) in [6.07, 6.45) is -3.48. The molecular formula is C16H24F3NO. The first kappa shape index (κ1) is 17.7. The quantitative estimate of drug-likeness (QED) is 0.736. The van der Waals surface area contributed by atoms with Gasteiger partial charge in [-0.15, -0.1) is 13.2 Å². The number of alkyl halides is 3. The first-order chi connectivity index (χ1) is 9.67. The van der Waals surface area contributed by atoms with E-state index in [0.717, 1.165) is 12.2 Å². The van der Waals surface area contributed by atoms with Crippen LogP contribution in [-0.2, 0) is 0 Å². The van der Waals surface area contributed by atoms with Gasteiger partial charge in [0.15, 0.2) is 0 Å². The van der Waals surface area contributed by atoms with Gasteiger partial charge in [-0.2, -0.15) is 0 Å². The minimum atomic E-state index is -4.64. The molecule has 1 aromatic rings. The number of ether oxygens (including phenoxy) is 1. The van der Waals surface area contributed by atoms with E-state index < -0.39 is 6.36 Å². The molecule has 1 N–H and O–H groups in total. The highest BCUT2D eigenvalue weighted by Gasteiger charge is 2.30. The van der Waals surface area contributed by atoms with Crippen LogP contribution in [0.2, 0.25) is 0 Å². The molecule has 0 saturated heterocycles. The first-order valence-corrected chi connectivity index (χ1v) is 7.27. The monoisotopic (exact) mass is 303 g/mol. The summed E-state index contributed by atoms with van der Waals surface area (Å²) >= 11 is 0. The molecule has 0 aliphatic rings. The van der Waals surface area contributed by atoms with Crippen molar-refractivity contribution < 1.29 is 17.9 Å². The van der Waals surface area contributed by atoms with Crippen LogP contribution in [0.25, 0.3) is 0 Å². The molecule has 0 bridgehead atoms. The molecular weight excluding hydrogens is 279 g/mol. The summed E-state index contributed by atoms with van der Waals surface area (Å²) in [5, 5.41) is 3.25. The Hall–Kier alpha value is -1.39. The topological polar surface area (TPSA) is 21.3 Å². The van der Waals surface area contributed by atoms with Crippen molar-refractivity contribution in [1.29, 1.82) is 0 Å². The van der Waals surface area contributed by atoms with E-state index in [1.807, 2.05) is 0 Å². The van der Waals surface area contributed by atoms with E-state index in [1.54, 1.807) is 12.1 Å². The molecule has 0 aliphatic carbocycles. The van der Waals surface area contributed by atoms with Crippen LogP contribution >= 0.6 is 0 Å².